The van der Waals surface area contributed by atoms with Crippen molar-refractivity contribution < 1.29 is 19.1 Å². The smallest absolute Gasteiger partial charge is 0.242 e. The summed E-state index contributed by atoms with van der Waals surface area (Å²) in [6.45, 7) is 2.28. The molecule has 1 aliphatic heterocycles. The Balaban J connectivity index is 1.56. The number of methoxy groups -OCH3 is 1. The summed E-state index contributed by atoms with van der Waals surface area (Å²) >= 11 is 1.27. The van der Waals surface area contributed by atoms with E-state index in [9.17, 15) is 9.59 Å². The predicted molar refractivity (Wildman–Crippen MR) is 104 cm³/mol. The lowest BCUT2D eigenvalue weighted by molar-refractivity contribution is -0.140. The van der Waals surface area contributed by atoms with Gasteiger partial charge < -0.3 is 19.3 Å². The maximum Gasteiger partial charge on any atom is 0.242 e. The summed E-state index contributed by atoms with van der Waals surface area (Å²) in [5.41, 5.74) is 0.843. The molecule has 150 valence electrons. The van der Waals surface area contributed by atoms with E-state index in [1.807, 2.05) is 24.3 Å². The Labute approximate surface area is 167 Å². The van der Waals surface area contributed by atoms with Gasteiger partial charge in [-0.25, -0.2) is 0 Å². The van der Waals surface area contributed by atoms with Gasteiger partial charge in [-0.3, -0.25) is 14.2 Å². The molecule has 0 bridgehead atoms. The Morgan fingerprint density at radius 2 is 2.11 bits per heavy atom. The van der Waals surface area contributed by atoms with Gasteiger partial charge in [-0.2, -0.15) is 0 Å². The number of hydrogen-bond donors (Lipinski definition) is 0. The molecule has 1 aromatic heterocycles. The maximum absolute atomic E-state index is 12.4. The minimum atomic E-state index is -0.146. The topological polar surface area (TPSA) is 89.8 Å². The van der Waals surface area contributed by atoms with Gasteiger partial charge >= 0.3 is 0 Å². The molecule has 2 heterocycles. The Kier molecular flexibility index (Phi) is 6.88. The highest BCUT2D eigenvalue weighted by atomic mass is 32.2. The first-order chi connectivity index (χ1) is 13.6. The van der Waals surface area contributed by atoms with Crippen LogP contribution in [0.25, 0.3) is 5.69 Å². The number of thioether (sulfide) groups is 1. The Hall–Kier alpha value is -2.59. The van der Waals surface area contributed by atoms with E-state index in [4.69, 9.17) is 9.47 Å². The molecule has 2 amide bonds. The van der Waals surface area contributed by atoms with E-state index in [1.165, 1.54) is 16.7 Å². The molecule has 1 saturated heterocycles. The molecule has 0 atom stereocenters. The van der Waals surface area contributed by atoms with Gasteiger partial charge in [0, 0.05) is 26.2 Å². The fraction of sp³-hybridized carbons (Fsp3) is 0.444. The van der Waals surface area contributed by atoms with E-state index in [0.29, 0.717) is 31.5 Å². The van der Waals surface area contributed by atoms with Gasteiger partial charge in [-0.1, -0.05) is 17.8 Å². The first-order valence-corrected chi connectivity index (χ1v) is 9.84. The largest absolute Gasteiger partial charge is 0.497 e. The summed E-state index contributed by atoms with van der Waals surface area (Å²) in [4.78, 5) is 27.9. The van der Waals surface area contributed by atoms with Crippen LogP contribution in [0, 0.1) is 0 Å². The van der Waals surface area contributed by atoms with Gasteiger partial charge in [0.1, 0.15) is 12.1 Å². The van der Waals surface area contributed by atoms with E-state index in [2.05, 4.69) is 10.2 Å². The van der Waals surface area contributed by atoms with Crippen molar-refractivity contribution in [2.45, 2.75) is 5.16 Å². The fourth-order valence-electron chi connectivity index (χ4n) is 2.70. The van der Waals surface area contributed by atoms with Gasteiger partial charge in [0.15, 0.2) is 5.16 Å². The van der Waals surface area contributed by atoms with Crippen molar-refractivity contribution in [2.75, 3.05) is 52.8 Å². The molecule has 0 unspecified atom stereocenters. The number of ether oxygens (including phenoxy) is 2. The highest BCUT2D eigenvalue weighted by Gasteiger charge is 2.21. The number of carbonyl (C=O) groups is 2. The van der Waals surface area contributed by atoms with Gasteiger partial charge in [0.25, 0.3) is 0 Å². The summed E-state index contributed by atoms with van der Waals surface area (Å²) in [5.74, 6) is 0.672. The quantitative estimate of drug-likeness (QED) is 0.626. The molecule has 0 spiro atoms. The van der Waals surface area contributed by atoms with Crippen LogP contribution in [0.1, 0.15) is 0 Å². The van der Waals surface area contributed by atoms with Crippen LogP contribution in [-0.2, 0) is 14.3 Å². The molecule has 3 rings (SSSR count). The molecule has 10 heteroatoms. The SMILES string of the molecule is COc1cccc(-n2cnnc2SCC(=O)N(C)CC(=O)N2CCOCC2)c1. The lowest BCUT2D eigenvalue weighted by Gasteiger charge is -2.28. The molecule has 28 heavy (non-hydrogen) atoms. The van der Waals surface area contributed by atoms with Crippen molar-refractivity contribution >= 4 is 23.6 Å². The molecule has 9 nitrogen and oxygen atoms in total. The Morgan fingerprint density at radius 1 is 1.32 bits per heavy atom. The number of amides is 2. The van der Waals surface area contributed by atoms with Crippen molar-refractivity contribution in [1.82, 2.24) is 24.6 Å². The molecular weight excluding hydrogens is 382 g/mol. The minimum absolute atomic E-state index is 0.0575. The third-order valence-corrected chi connectivity index (χ3v) is 5.26. The number of benzene rings is 1. The third-order valence-electron chi connectivity index (χ3n) is 4.33. The molecule has 0 N–H and O–H groups in total. The standard InChI is InChI=1S/C18H23N5O4S/c1-21(11-16(24)22-6-8-27-9-7-22)17(25)12-28-18-20-19-13-23(18)14-4-3-5-15(10-14)26-2/h3-5,10,13H,6-9,11-12H2,1-2H3. The number of rotatable bonds is 7. The van der Waals surface area contributed by atoms with Gasteiger partial charge in [-0.05, 0) is 12.1 Å². The summed E-state index contributed by atoms with van der Waals surface area (Å²) in [5, 5.41) is 8.62. The Bertz CT molecular complexity index is 822. The van der Waals surface area contributed by atoms with E-state index in [-0.39, 0.29) is 24.1 Å². The molecule has 0 radical (unpaired) electrons. The van der Waals surface area contributed by atoms with Crippen LogP contribution < -0.4 is 4.74 Å². The molecule has 1 fully saturated rings. The average molecular weight is 405 g/mol. The zero-order chi connectivity index (χ0) is 19.9. The number of hydrogen-bond acceptors (Lipinski definition) is 7. The Morgan fingerprint density at radius 3 is 2.86 bits per heavy atom. The second kappa shape index (κ2) is 9.56. The average Bonchev–Trinajstić information content (AvgIpc) is 3.21. The number of carbonyl (C=O) groups excluding carboxylic acids is 2. The predicted octanol–water partition coefficient (Wildman–Crippen LogP) is 0.685. The summed E-state index contributed by atoms with van der Waals surface area (Å²) < 4.78 is 12.3. The van der Waals surface area contributed by atoms with Crippen molar-refractivity contribution in [2.24, 2.45) is 0 Å². The van der Waals surface area contributed by atoms with Crippen molar-refractivity contribution in [1.29, 1.82) is 0 Å². The summed E-state index contributed by atoms with van der Waals surface area (Å²) in [6.07, 6.45) is 1.59. The number of aromatic nitrogens is 3. The normalized spacial score (nSPS) is 14.0. The van der Waals surface area contributed by atoms with Crippen LogP contribution in [0.5, 0.6) is 5.75 Å². The second-order valence-electron chi connectivity index (χ2n) is 6.22. The number of morpholine rings is 1. The van der Waals surface area contributed by atoms with E-state index in [1.54, 1.807) is 30.0 Å². The van der Waals surface area contributed by atoms with Crippen molar-refractivity contribution in [3.8, 4) is 11.4 Å². The molecule has 2 aromatic rings. The highest BCUT2D eigenvalue weighted by molar-refractivity contribution is 7.99. The lowest BCUT2D eigenvalue weighted by Crippen LogP contribution is -2.46. The highest BCUT2D eigenvalue weighted by Crippen LogP contribution is 2.22. The first-order valence-electron chi connectivity index (χ1n) is 8.85. The minimum Gasteiger partial charge on any atom is -0.497 e. The lowest BCUT2D eigenvalue weighted by atomic mass is 10.3. The summed E-state index contributed by atoms with van der Waals surface area (Å²) in [6, 6.07) is 7.50. The number of likely N-dealkylation sites (N-methyl/N-ethyl adjacent to an activating group) is 1. The van der Waals surface area contributed by atoms with Crippen LogP contribution in [0.3, 0.4) is 0 Å². The maximum atomic E-state index is 12.4. The third kappa shape index (κ3) is 5.02. The van der Waals surface area contributed by atoms with Crippen LogP contribution in [0.2, 0.25) is 0 Å². The van der Waals surface area contributed by atoms with Crippen molar-refractivity contribution in [3.05, 3.63) is 30.6 Å². The van der Waals surface area contributed by atoms with E-state index < -0.39 is 0 Å². The van der Waals surface area contributed by atoms with Gasteiger partial charge in [0.2, 0.25) is 11.8 Å². The molecule has 1 aromatic carbocycles. The molecule has 0 aliphatic carbocycles. The van der Waals surface area contributed by atoms with E-state index >= 15 is 0 Å². The monoisotopic (exact) mass is 405 g/mol. The molecule has 0 saturated carbocycles. The zero-order valence-corrected chi connectivity index (χ0v) is 16.7. The van der Waals surface area contributed by atoms with Crippen LogP contribution >= 0.6 is 11.8 Å². The molecule has 1 aliphatic rings. The van der Waals surface area contributed by atoms with Crippen LogP contribution in [0.15, 0.2) is 35.7 Å². The second-order valence-corrected chi connectivity index (χ2v) is 7.16. The summed E-state index contributed by atoms with van der Waals surface area (Å²) in [7, 11) is 3.24. The number of nitrogens with zero attached hydrogens (tertiary/aromatic N) is 5. The van der Waals surface area contributed by atoms with Gasteiger partial charge in [0.05, 0.1) is 38.3 Å². The van der Waals surface area contributed by atoms with Crippen molar-refractivity contribution in [3.63, 3.8) is 0 Å². The zero-order valence-electron chi connectivity index (χ0n) is 15.9. The first kappa shape index (κ1) is 20.2. The van der Waals surface area contributed by atoms with Crippen LogP contribution in [0.4, 0.5) is 0 Å². The fourth-order valence-corrected chi connectivity index (χ4v) is 3.57. The van der Waals surface area contributed by atoms with Gasteiger partial charge in [-0.15, -0.1) is 10.2 Å². The van der Waals surface area contributed by atoms with Crippen LogP contribution in [-0.4, -0.2) is 89.1 Å². The molecular formula is C18H23N5O4S. The van der Waals surface area contributed by atoms with E-state index in [0.717, 1.165) is 11.4 Å².